The summed E-state index contributed by atoms with van der Waals surface area (Å²) in [7, 11) is -3.31. The molecular weight excluding hydrogens is 514 g/mol. The second-order valence-electron chi connectivity index (χ2n) is 8.90. The molecule has 37 heavy (non-hydrogen) atoms. The van der Waals surface area contributed by atoms with Gasteiger partial charge in [0.15, 0.2) is 0 Å². The molecule has 1 amide bonds. The van der Waals surface area contributed by atoms with Gasteiger partial charge in [0.05, 0.1) is 22.6 Å². The molecule has 3 aromatic carbocycles. The number of fused-ring (bicyclic) bond motifs is 1. The van der Waals surface area contributed by atoms with Gasteiger partial charge in [-0.1, -0.05) is 23.8 Å². The number of anilines is 2. The Bertz CT molecular complexity index is 1530. The van der Waals surface area contributed by atoms with Crippen molar-refractivity contribution in [3.05, 3.63) is 77.9 Å². The van der Waals surface area contributed by atoms with Gasteiger partial charge in [-0.2, -0.15) is 0 Å². The van der Waals surface area contributed by atoms with Crippen molar-refractivity contribution < 1.29 is 26.4 Å². The number of hydrogen-bond acceptors (Lipinski definition) is 6. The standard InChI is InChI=1S/C26H29N3O6S2/c1-19-8-10-23(11-9-19)37(33,34)29(21-6-5-7-22(17-21)35-4)18-26(30)28-15-14-20-16-24(12-13-25(20)28)36(31,32)27(2)3/h5-13,16-17H,14-15,18H2,1-4H3. The van der Waals surface area contributed by atoms with Crippen LogP contribution in [0.5, 0.6) is 5.75 Å². The van der Waals surface area contributed by atoms with Crippen molar-refractivity contribution in [2.45, 2.75) is 23.1 Å². The van der Waals surface area contributed by atoms with Crippen molar-refractivity contribution in [2.75, 3.05) is 43.5 Å². The Morgan fingerprint density at radius 3 is 2.24 bits per heavy atom. The number of nitrogens with zero attached hydrogens (tertiary/aromatic N) is 3. The average molecular weight is 544 g/mol. The molecule has 9 nitrogen and oxygen atoms in total. The van der Waals surface area contributed by atoms with E-state index in [1.807, 2.05) is 6.92 Å². The number of aryl methyl sites for hydroxylation is 1. The zero-order valence-corrected chi connectivity index (χ0v) is 22.7. The first-order valence-electron chi connectivity index (χ1n) is 11.5. The third kappa shape index (κ3) is 5.20. The van der Waals surface area contributed by atoms with Crippen molar-refractivity contribution >= 4 is 37.3 Å². The summed E-state index contributed by atoms with van der Waals surface area (Å²) in [6, 6.07) is 17.6. The van der Waals surface area contributed by atoms with Gasteiger partial charge in [0.25, 0.3) is 10.0 Å². The highest BCUT2D eigenvalue weighted by molar-refractivity contribution is 7.92. The Labute approximate surface area is 218 Å². The van der Waals surface area contributed by atoms with Crippen molar-refractivity contribution in [1.82, 2.24) is 4.31 Å². The van der Waals surface area contributed by atoms with Gasteiger partial charge in [-0.15, -0.1) is 0 Å². The summed E-state index contributed by atoms with van der Waals surface area (Å²) >= 11 is 0. The number of rotatable bonds is 8. The number of sulfonamides is 2. The topological polar surface area (TPSA) is 104 Å². The third-order valence-electron chi connectivity index (χ3n) is 6.26. The second-order valence-corrected chi connectivity index (χ2v) is 12.9. The van der Waals surface area contributed by atoms with Crippen LogP contribution in [0.15, 0.2) is 76.5 Å². The summed E-state index contributed by atoms with van der Waals surface area (Å²) in [4.78, 5) is 15.2. The van der Waals surface area contributed by atoms with E-state index in [4.69, 9.17) is 4.74 Å². The molecule has 3 aromatic rings. The molecule has 0 unspecified atom stereocenters. The lowest BCUT2D eigenvalue weighted by atomic mass is 10.2. The minimum Gasteiger partial charge on any atom is -0.497 e. The fourth-order valence-corrected chi connectivity index (χ4v) is 6.49. The number of amides is 1. The van der Waals surface area contributed by atoms with Gasteiger partial charge in [-0.3, -0.25) is 9.10 Å². The molecule has 0 bridgehead atoms. The van der Waals surface area contributed by atoms with Crippen LogP contribution in [0, 0.1) is 6.92 Å². The van der Waals surface area contributed by atoms with Crippen LogP contribution in [-0.2, 0) is 31.3 Å². The van der Waals surface area contributed by atoms with Crippen LogP contribution in [0.2, 0.25) is 0 Å². The number of ether oxygens (including phenoxy) is 1. The number of hydrogen-bond donors (Lipinski definition) is 0. The number of methoxy groups -OCH3 is 1. The van der Waals surface area contributed by atoms with Crippen LogP contribution in [0.4, 0.5) is 11.4 Å². The predicted molar refractivity (Wildman–Crippen MR) is 142 cm³/mol. The van der Waals surface area contributed by atoms with Crippen LogP contribution in [0.25, 0.3) is 0 Å². The van der Waals surface area contributed by atoms with E-state index < -0.39 is 32.5 Å². The lowest BCUT2D eigenvalue weighted by Crippen LogP contribution is -2.42. The molecule has 0 aliphatic carbocycles. The van der Waals surface area contributed by atoms with Crippen molar-refractivity contribution in [3.8, 4) is 5.75 Å². The highest BCUT2D eigenvalue weighted by Crippen LogP contribution is 2.32. The van der Waals surface area contributed by atoms with E-state index in [2.05, 4.69) is 0 Å². The number of carbonyl (C=O) groups is 1. The number of benzene rings is 3. The summed E-state index contributed by atoms with van der Waals surface area (Å²) in [5, 5.41) is 0. The molecule has 1 heterocycles. The van der Waals surface area contributed by atoms with Gasteiger partial charge in [0.1, 0.15) is 12.3 Å². The molecule has 0 saturated heterocycles. The second kappa shape index (κ2) is 10.2. The molecular formula is C26H29N3O6S2. The minimum absolute atomic E-state index is 0.0640. The van der Waals surface area contributed by atoms with Gasteiger partial charge in [-0.05, 0) is 61.4 Å². The molecule has 0 aromatic heterocycles. The van der Waals surface area contributed by atoms with Gasteiger partial charge in [0, 0.05) is 32.4 Å². The van der Waals surface area contributed by atoms with Crippen molar-refractivity contribution in [1.29, 1.82) is 0 Å². The van der Waals surface area contributed by atoms with Crippen LogP contribution in [0.3, 0.4) is 0 Å². The van der Waals surface area contributed by atoms with Crippen molar-refractivity contribution in [2.24, 2.45) is 0 Å². The Hall–Kier alpha value is -3.41. The molecule has 11 heteroatoms. The van der Waals surface area contributed by atoms with E-state index in [0.29, 0.717) is 35.7 Å². The minimum atomic E-state index is -4.09. The van der Waals surface area contributed by atoms with E-state index in [1.165, 1.54) is 44.3 Å². The molecule has 0 atom stereocenters. The van der Waals surface area contributed by atoms with E-state index in [0.717, 1.165) is 14.2 Å². The Balaban J connectivity index is 1.69. The van der Waals surface area contributed by atoms with E-state index in [-0.39, 0.29) is 9.79 Å². The highest BCUT2D eigenvalue weighted by Gasteiger charge is 2.32. The van der Waals surface area contributed by atoms with Gasteiger partial charge >= 0.3 is 0 Å². The molecule has 1 aliphatic rings. The van der Waals surface area contributed by atoms with Gasteiger partial charge in [0.2, 0.25) is 15.9 Å². The average Bonchev–Trinajstić information content (AvgIpc) is 3.30. The maximum absolute atomic E-state index is 13.7. The Morgan fingerprint density at radius 2 is 1.59 bits per heavy atom. The van der Waals surface area contributed by atoms with Gasteiger partial charge < -0.3 is 9.64 Å². The summed E-state index contributed by atoms with van der Waals surface area (Å²) < 4.78 is 59.9. The molecule has 0 saturated carbocycles. The van der Waals surface area contributed by atoms with E-state index in [9.17, 15) is 21.6 Å². The Morgan fingerprint density at radius 1 is 0.919 bits per heavy atom. The fourth-order valence-electron chi connectivity index (χ4n) is 4.13. The smallest absolute Gasteiger partial charge is 0.264 e. The van der Waals surface area contributed by atoms with Crippen LogP contribution in [0.1, 0.15) is 11.1 Å². The molecule has 0 radical (unpaired) electrons. The zero-order chi connectivity index (χ0) is 27.0. The van der Waals surface area contributed by atoms with Crippen molar-refractivity contribution in [3.63, 3.8) is 0 Å². The molecule has 0 spiro atoms. The number of carbonyl (C=O) groups excluding carboxylic acids is 1. The molecule has 196 valence electrons. The first-order valence-corrected chi connectivity index (χ1v) is 14.4. The summed E-state index contributed by atoms with van der Waals surface area (Å²) in [6.07, 6.45) is 0.460. The summed E-state index contributed by atoms with van der Waals surface area (Å²) in [5.41, 5.74) is 2.49. The molecule has 0 fully saturated rings. The largest absolute Gasteiger partial charge is 0.497 e. The lowest BCUT2D eigenvalue weighted by molar-refractivity contribution is -0.117. The van der Waals surface area contributed by atoms with Gasteiger partial charge in [-0.25, -0.2) is 21.1 Å². The normalized spacial score (nSPS) is 13.5. The highest BCUT2D eigenvalue weighted by atomic mass is 32.2. The van der Waals surface area contributed by atoms with E-state index >= 15 is 0 Å². The first-order chi connectivity index (χ1) is 17.4. The molecule has 1 aliphatic heterocycles. The SMILES string of the molecule is COc1cccc(N(CC(=O)N2CCc3cc(S(=O)(=O)N(C)C)ccc32)S(=O)(=O)c2ccc(C)cc2)c1. The maximum Gasteiger partial charge on any atom is 0.264 e. The van der Waals surface area contributed by atoms with Crippen LogP contribution < -0.4 is 13.9 Å². The monoisotopic (exact) mass is 543 g/mol. The van der Waals surface area contributed by atoms with E-state index in [1.54, 1.807) is 48.5 Å². The summed E-state index contributed by atoms with van der Waals surface area (Å²) in [5.74, 6) is 0.0238. The molecule has 0 N–H and O–H groups in total. The third-order valence-corrected chi connectivity index (χ3v) is 9.85. The summed E-state index contributed by atoms with van der Waals surface area (Å²) in [6.45, 7) is 1.73. The predicted octanol–water partition coefficient (Wildman–Crippen LogP) is 3.04. The molecule has 4 rings (SSSR count). The quantitative estimate of drug-likeness (QED) is 0.433. The zero-order valence-electron chi connectivity index (χ0n) is 21.1. The Kier molecular flexibility index (Phi) is 7.31. The van der Waals surface area contributed by atoms with Crippen LogP contribution >= 0.6 is 0 Å². The first kappa shape index (κ1) is 26.6. The van der Waals surface area contributed by atoms with Crippen LogP contribution in [-0.4, -0.2) is 61.3 Å². The lowest BCUT2D eigenvalue weighted by Gasteiger charge is -2.27. The fraction of sp³-hybridized carbons (Fsp3) is 0.269. The maximum atomic E-state index is 13.7.